The van der Waals surface area contributed by atoms with Crippen LogP contribution in [0.2, 0.25) is 0 Å². The number of ketones is 1. The number of carbonyl (C=O) groups excluding carboxylic acids is 2. The van der Waals surface area contributed by atoms with Crippen molar-refractivity contribution < 1.29 is 19.8 Å². The predicted molar refractivity (Wildman–Crippen MR) is 89.5 cm³/mol. The van der Waals surface area contributed by atoms with E-state index in [1.807, 2.05) is 0 Å². The third-order valence-corrected chi connectivity index (χ3v) is 5.04. The fourth-order valence-electron chi connectivity index (χ4n) is 3.82. The van der Waals surface area contributed by atoms with Crippen molar-refractivity contribution in [1.82, 2.24) is 4.90 Å². The standard InChI is InChI=1S/C19H23NO4/c1-2-15(22)16-17(12-8-10-14(21)11-9-12)20(19(24)18(16)23)13-6-4-3-5-7-13/h8-11,13,17,21,23H,2-7H2,1H3. The second-order valence-corrected chi connectivity index (χ2v) is 6.54. The lowest BCUT2D eigenvalue weighted by Gasteiger charge is -2.36. The van der Waals surface area contributed by atoms with Gasteiger partial charge in [0.1, 0.15) is 5.75 Å². The number of carbonyl (C=O) groups is 2. The van der Waals surface area contributed by atoms with E-state index in [9.17, 15) is 19.8 Å². The van der Waals surface area contributed by atoms with Crippen molar-refractivity contribution in [3.63, 3.8) is 0 Å². The minimum atomic E-state index is -0.561. The number of aromatic hydroxyl groups is 1. The first-order chi connectivity index (χ1) is 11.5. The monoisotopic (exact) mass is 329 g/mol. The molecule has 1 amide bonds. The van der Waals surface area contributed by atoms with Crippen molar-refractivity contribution >= 4 is 11.7 Å². The maximum Gasteiger partial charge on any atom is 0.290 e. The molecule has 1 aliphatic carbocycles. The maximum absolute atomic E-state index is 12.7. The average molecular weight is 329 g/mol. The zero-order valence-corrected chi connectivity index (χ0v) is 13.9. The summed E-state index contributed by atoms with van der Waals surface area (Å²) in [5, 5.41) is 19.9. The van der Waals surface area contributed by atoms with Crippen LogP contribution >= 0.6 is 0 Å². The first kappa shape index (κ1) is 16.6. The number of hydrogen-bond acceptors (Lipinski definition) is 4. The summed E-state index contributed by atoms with van der Waals surface area (Å²) in [4.78, 5) is 26.8. The Balaban J connectivity index is 2.05. The number of benzene rings is 1. The van der Waals surface area contributed by atoms with Crippen LogP contribution < -0.4 is 0 Å². The van der Waals surface area contributed by atoms with Gasteiger partial charge in [-0.2, -0.15) is 0 Å². The number of rotatable bonds is 4. The number of aliphatic hydroxyl groups excluding tert-OH is 1. The summed E-state index contributed by atoms with van der Waals surface area (Å²) in [6, 6.07) is 5.99. The van der Waals surface area contributed by atoms with Gasteiger partial charge in [-0.05, 0) is 30.5 Å². The Kier molecular flexibility index (Phi) is 4.60. The lowest BCUT2D eigenvalue weighted by Crippen LogP contribution is -2.41. The Morgan fingerprint density at radius 3 is 2.33 bits per heavy atom. The van der Waals surface area contributed by atoms with Gasteiger partial charge in [0.05, 0.1) is 11.6 Å². The van der Waals surface area contributed by atoms with Crippen LogP contribution in [0.25, 0.3) is 0 Å². The first-order valence-corrected chi connectivity index (χ1v) is 8.62. The zero-order chi connectivity index (χ0) is 17.3. The molecule has 1 aromatic rings. The van der Waals surface area contributed by atoms with Crippen LogP contribution in [0, 0.1) is 0 Å². The Bertz CT molecular complexity index is 671. The molecule has 0 saturated heterocycles. The Morgan fingerprint density at radius 1 is 1.12 bits per heavy atom. The minimum Gasteiger partial charge on any atom is -0.508 e. The van der Waals surface area contributed by atoms with Gasteiger partial charge < -0.3 is 15.1 Å². The average Bonchev–Trinajstić information content (AvgIpc) is 2.87. The molecule has 5 heteroatoms. The number of aliphatic hydroxyl groups is 1. The maximum atomic E-state index is 12.7. The molecule has 1 aliphatic heterocycles. The highest BCUT2D eigenvalue weighted by Gasteiger charge is 2.45. The fourth-order valence-corrected chi connectivity index (χ4v) is 3.82. The van der Waals surface area contributed by atoms with Gasteiger partial charge in [0, 0.05) is 12.5 Å². The van der Waals surface area contributed by atoms with E-state index in [2.05, 4.69) is 0 Å². The molecule has 1 saturated carbocycles. The van der Waals surface area contributed by atoms with E-state index in [-0.39, 0.29) is 29.6 Å². The second-order valence-electron chi connectivity index (χ2n) is 6.54. The van der Waals surface area contributed by atoms with Crippen LogP contribution in [-0.4, -0.2) is 32.8 Å². The molecule has 0 spiro atoms. The fraction of sp³-hybridized carbons (Fsp3) is 0.474. The summed E-state index contributed by atoms with van der Waals surface area (Å²) in [5.74, 6) is -0.941. The Hall–Kier alpha value is -2.30. The number of amides is 1. The lowest BCUT2D eigenvalue weighted by atomic mass is 9.90. The molecule has 1 heterocycles. The zero-order valence-electron chi connectivity index (χ0n) is 13.9. The summed E-state index contributed by atoms with van der Waals surface area (Å²) in [7, 11) is 0. The van der Waals surface area contributed by atoms with Gasteiger partial charge in [0.15, 0.2) is 11.5 Å². The van der Waals surface area contributed by atoms with Crippen LogP contribution in [0.5, 0.6) is 5.75 Å². The van der Waals surface area contributed by atoms with Crippen LogP contribution in [0.4, 0.5) is 0 Å². The summed E-state index contributed by atoms with van der Waals surface area (Å²) >= 11 is 0. The van der Waals surface area contributed by atoms with E-state index in [1.165, 1.54) is 0 Å². The van der Waals surface area contributed by atoms with Crippen LogP contribution in [0.3, 0.4) is 0 Å². The highest BCUT2D eigenvalue weighted by Crippen LogP contribution is 2.42. The molecule has 2 aliphatic rings. The van der Waals surface area contributed by atoms with Crippen molar-refractivity contribution in [3.8, 4) is 5.75 Å². The van der Waals surface area contributed by atoms with Gasteiger partial charge in [0.25, 0.3) is 5.91 Å². The van der Waals surface area contributed by atoms with E-state index in [0.29, 0.717) is 0 Å². The number of hydrogen-bond donors (Lipinski definition) is 2. The molecule has 3 rings (SSSR count). The van der Waals surface area contributed by atoms with Crippen molar-refractivity contribution in [2.45, 2.75) is 57.5 Å². The Labute approximate surface area is 141 Å². The number of Topliss-reactive ketones (excluding diaryl/α,β-unsaturated/α-hetero) is 1. The quantitative estimate of drug-likeness (QED) is 0.887. The van der Waals surface area contributed by atoms with Gasteiger partial charge in [-0.15, -0.1) is 0 Å². The largest absolute Gasteiger partial charge is 0.508 e. The van der Waals surface area contributed by atoms with Gasteiger partial charge >= 0.3 is 0 Å². The van der Waals surface area contributed by atoms with Gasteiger partial charge in [0.2, 0.25) is 0 Å². The summed E-state index contributed by atoms with van der Waals surface area (Å²) in [5.41, 5.74) is 0.936. The SMILES string of the molecule is CCC(=O)C1=C(O)C(=O)N(C2CCCCC2)C1c1ccc(O)cc1. The molecule has 0 aromatic heterocycles. The van der Waals surface area contributed by atoms with E-state index < -0.39 is 17.7 Å². The summed E-state index contributed by atoms with van der Waals surface area (Å²) in [6.07, 6.45) is 5.27. The smallest absolute Gasteiger partial charge is 0.290 e. The van der Waals surface area contributed by atoms with Crippen molar-refractivity contribution in [2.24, 2.45) is 0 Å². The van der Waals surface area contributed by atoms with Crippen LogP contribution in [0.15, 0.2) is 35.6 Å². The van der Waals surface area contributed by atoms with Crippen molar-refractivity contribution in [1.29, 1.82) is 0 Å². The first-order valence-electron chi connectivity index (χ1n) is 8.62. The molecular weight excluding hydrogens is 306 g/mol. The van der Waals surface area contributed by atoms with Crippen molar-refractivity contribution in [3.05, 3.63) is 41.2 Å². The molecule has 1 atom stereocenters. The third-order valence-electron chi connectivity index (χ3n) is 5.04. The highest BCUT2D eigenvalue weighted by molar-refractivity contribution is 6.09. The van der Waals surface area contributed by atoms with E-state index in [4.69, 9.17) is 0 Å². The lowest BCUT2D eigenvalue weighted by molar-refractivity contribution is -0.132. The molecule has 1 fully saturated rings. The van der Waals surface area contributed by atoms with Crippen LogP contribution in [-0.2, 0) is 9.59 Å². The molecule has 1 aromatic carbocycles. The van der Waals surface area contributed by atoms with E-state index >= 15 is 0 Å². The number of nitrogens with zero attached hydrogens (tertiary/aromatic N) is 1. The van der Waals surface area contributed by atoms with Gasteiger partial charge in [-0.1, -0.05) is 38.3 Å². The molecule has 0 radical (unpaired) electrons. The Morgan fingerprint density at radius 2 is 1.75 bits per heavy atom. The van der Waals surface area contributed by atoms with Crippen LogP contribution in [0.1, 0.15) is 57.1 Å². The summed E-state index contributed by atoms with van der Waals surface area (Å²) in [6.45, 7) is 1.73. The third kappa shape index (κ3) is 2.79. The number of phenols is 1. The molecule has 128 valence electrons. The molecule has 5 nitrogen and oxygen atoms in total. The number of phenolic OH excluding ortho intramolecular Hbond substituents is 1. The van der Waals surface area contributed by atoms with E-state index in [0.717, 1.165) is 37.7 Å². The molecule has 0 bridgehead atoms. The summed E-state index contributed by atoms with van der Waals surface area (Å²) < 4.78 is 0. The second kappa shape index (κ2) is 6.67. The molecule has 1 unspecified atom stereocenters. The van der Waals surface area contributed by atoms with Crippen molar-refractivity contribution in [2.75, 3.05) is 0 Å². The molecule has 2 N–H and O–H groups in total. The highest BCUT2D eigenvalue weighted by atomic mass is 16.3. The normalized spacial score (nSPS) is 22.3. The van der Waals surface area contributed by atoms with Gasteiger partial charge in [-0.25, -0.2) is 0 Å². The minimum absolute atomic E-state index is 0.0364. The predicted octanol–water partition coefficient (Wildman–Crippen LogP) is 3.40. The molecule has 24 heavy (non-hydrogen) atoms. The van der Waals surface area contributed by atoms with E-state index in [1.54, 1.807) is 36.1 Å². The van der Waals surface area contributed by atoms with Gasteiger partial charge in [-0.3, -0.25) is 9.59 Å². The molecular formula is C19H23NO4. The topological polar surface area (TPSA) is 77.8 Å².